The maximum Gasteiger partial charge on any atom is 0.123 e. The zero-order chi connectivity index (χ0) is 13.5. The van der Waals surface area contributed by atoms with Crippen molar-refractivity contribution in [1.82, 2.24) is 5.32 Å². The van der Waals surface area contributed by atoms with Crippen LogP contribution in [-0.2, 0) is 11.2 Å². The number of rotatable bonds is 7. The van der Waals surface area contributed by atoms with E-state index in [2.05, 4.69) is 19.2 Å². The second-order valence-electron chi connectivity index (χ2n) is 4.78. The highest BCUT2D eigenvalue weighted by Crippen LogP contribution is 2.14. The smallest absolute Gasteiger partial charge is 0.123 e. The van der Waals surface area contributed by atoms with E-state index in [1.165, 1.54) is 11.6 Å². The highest BCUT2D eigenvalue weighted by Gasteiger charge is 2.17. The van der Waals surface area contributed by atoms with E-state index >= 15 is 0 Å². The highest BCUT2D eigenvalue weighted by molar-refractivity contribution is 5.27. The summed E-state index contributed by atoms with van der Waals surface area (Å²) in [5.74, 6) is -0.172. The number of benzene rings is 1. The number of aryl methyl sites for hydroxylation is 1. The topological polar surface area (TPSA) is 21.3 Å². The van der Waals surface area contributed by atoms with Gasteiger partial charge < -0.3 is 10.1 Å². The lowest BCUT2D eigenvalue weighted by Crippen LogP contribution is -2.41. The molecule has 1 aromatic rings. The predicted molar refractivity (Wildman–Crippen MR) is 73.4 cm³/mol. The van der Waals surface area contributed by atoms with Gasteiger partial charge in [-0.1, -0.05) is 13.0 Å². The monoisotopic (exact) mass is 253 g/mol. The van der Waals surface area contributed by atoms with Crippen LogP contribution in [0.4, 0.5) is 4.39 Å². The third kappa shape index (κ3) is 4.39. The summed E-state index contributed by atoms with van der Waals surface area (Å²) >= 11 is 0. The molecule has 1 aromatic carbocycles. The van der Waals surface area contributed by atoms with Crippen molar-refractivity contribution in [2.24, 2.45) is 0 Å². The molecule has 0 radical (unpaired) electrons. The van der Waals surface area contributed by atoms with E-state index in [-0.39, 0.29) is 18.0 Å². The third-order valence-electron chi connectivity index (χ3n) is 3.34. The summed E-state index contributed by atoms with van der Waals surface area (Å²) in [5, 5.41) is 3.49. The quantitative estimate of drug-likeness (QED) is 0.806. The van der Waals surface area contributed by atoms with Crippen molar-refractivity contribution in [3.8, 4) is 0 Å². The molecule has 0 aliphatic carbocycles. The summed E-state index contributed by atoms with van der Waals surface area (Å²) in [4.78, 5) is 0. The Balaban J connectivity index is 2.75. The number of methoxy groups -OCH3 is 1. The van der Waals surface area contributed by atoms with Crippen LogP contribution in [0, 0.1) is 12.7 Å². The molecule has 3 heteroatoms. The van der Waals surface area contributed by atoms with Crippen molar-refractivity contribution in [2.75, 3.05) is 13.7 Å². The molecule has 1 rings (SSSR count). The number of hydrogen-bond acceptors (Lipinski definition) is 2. The van der Waals surface area contributed by atoms with Crippen LogP contribution in [0.25, 0.3) is 0 Å². The van der Waals surface area contributed by atoms with E-state index in [0.717, 1.165) is 24.9 Å². The fraction of sp³-hybridized carbons (Fsp3) is 0.600. The second-order valence-corrected chi connectivity index (χ2v) is 4.78. The minimum absolute atomic E-state index is 0.140. The molecule has 0 aliphatic heterocycles. The number of ether oxygens (including phenoxy) is 1. The van der Waals surface area contributed by atoms with Gasteiger partial charge in [0.2, 0.25) is 0 Å². The number of hydrogen-bond donors (Lipinski definition) is 1. The van der Waals surface area contributed by atoms with E-state index in [9.17, 15) is 4.39 Å². The first kappa shape index (κ1) is 15.1. The van der Waals surface area contributed by atoms with Crippen molar-refractivity contribution in [3.63, 3.8) is 0 Å². The van der Waals surface area contributed by atoms with Gasteiger partial charge in [0.25, 0.3) is 0 Å². The fourth-order valence-corrected chi connectivity index (χ4v) is 2.02. The Morgan fingerprint density at radius 2 is 2.11 bits per heavy atom. The number of nitrogens with one attached hydrogen (secondary N) is 1. The Morgan fingerprint density at radius 1 is 1.39 bits per heavy atom. The van der Waals surface area contributed by atoms with Crippen LogP contribution < -0.4 is 5.32 Å². The van der Waals surface area contributed by atoms with Gasteiger partial charge in [0.15, 0.2) is 0 Å². The van der Waals surface area contributed by atoms with E-state index in [4.69, 9.17) is 4.74 Å². The lowest BCUT2D eigenvalue weighted by Gasteiger charge is -2.25. The van der Waals surface area contributed by atoms with Crippen molar-refractivity contribution >= 4 is 0 Å². The summed E-state index contributed by atoms with van der Waals surface area (Å²) in [5.41, 5.74) is 2.18. The Hall–Kier alpha value is -0.930. The van der Waals surface area contributed by atoms with Crippen LogP contribution in [0.2, 0.25) is 0 Å². The van der Waals surface area contributed by atoms with Gasteiger partial charge in [-0.25, -0.2) is 4.39 Å². The van der Waals surface area contributed by atoms with Crippen molar-refractivity contribution < 1.29 is 9.13 Å². The molecule has 0 spiro atoms. The molecule has 0 saturated heterocycles. The molecule has 0 aliphatic rings. The summed E-state index contributed by atoms with van der Waals surface area (Å²) in [6.07, 6.45) is 2.09. The molecule has 0 heterocycles. The summed E-state index contributed by atoms with van der Waals surface area (Å²) in [6, 6.07) is 5.24. The molecule has 1 N–H and O–H groups in total. The molecule has 0 amide bonds. The molecular weight excluding hydrogens is 229 g/mol. The summed E-state index contributed by atoms with van der Waals surface area (Å²) in [7, 11) is 1.73. The van der Waals surface area contributed by atoms with Gasteiger partial charge in [0, 0.05) is 13.2 Å². The third-order valence-corrected chi connectivity index (χ3v) is 3.34. The van der Waals surface area contributed by atoms with Crippen LogP contribution in [0.1, 0.15) is 31.4 Å². The fourth-order valence-electron chi connectivity index (χ4n) is 2.02. The molecular formula is C15H24FNO. The van der Waals surface area contributed by atoms with Crippen molar-refractivity contribution in [1.29, 1.82) is 0 Å². The average molecular weight is 253 g/mol. The Morgan fingerprint density at radius 3 is 2.67 bits per heavy atom. The summed E-state index contributed by atoms with van der Waals surface area (Å²) in [6.45, 7) is 7.13. The average Bonchev–Trinajstić information content (AvgIpc) is 2.36. The van der Waals surface area contributed by atoms with Crippen molar-refractivity contribution in [2.45, 2.75) is 45.8 Å². The molecule has 18 heavy (non-hydrogen) atoms. The molecule has 0 fully saturated rings. The second kappa shape index (κ2) is 7.49. The Bertz CT molecular complexity index is 368. The predicted octanol–water partition coefficient (Wildman–Crippen LogP) is 3.08. The first-order chi connectivity index (χ1) is 8.58. The van der Waals surface area contributed by atoms with Crippen LogP contribution >= 0.6 is 0 Å². The first-order valence-corrected chi connectivity index (χ1v) is 6.59. The van der Waals surface area contributed by atoms with Crippen LogP contribution in [0.3, 0.4) is 0 Å². The van der Waals surface area contributed by atoms with Crippen LogP contribution in [0.5, 0.6) is 0 Å². The Kier molecular flexibility index (Phi) is 6.30. The first-order valence-electron chi connectivity index (χ1n) is 6.59. The van der Waals surface area contributed by atoms with Crippen LogP contribution in [-0.4, -0.2) is 25.8 Å². The normalized spacial score (nSPS) is 14.5. The maximum absolute atomic E-state index is 13.1. The van der Waals surface area contributed by atoms with Gasteiger partial charge in [-0.05, 0) is 56.5 Å². The molecule has 2 atom stereocenters. The minimum atomic E-state index is -0.172. The molecule has 2 nitrogen and oxygen atoms in total. The molecule has 0 saturated carbocycles. The lowest BCUT2D eigenvalue weighted by atomic mass is 9.98. The standard InChI is InChI=1S/C15H24FNO/c1-5-8-17-15(12(3)18-4)10-13-6-7-14(16)9-11(13)2/h6-7,9,12,15,17H,5,8,10H2,1-4H3. The van der Waals surface area contributed by atoms with E-state index < -0.39 is 0 Å². The highest BCUT2D eigenvalue weighted by atomic mass is 19.1. The zero-order valence-electron chi connectivity index (χ0n) is 11.8. The largest absolute Gasteiger partial charge is 0.380 e. The lowest BCUT2D eigenvalue weighted by molar-refractivity contribution is 0.0830. The summed E-state index contributed by atoms with van der Waals surface area (Å²) < 4.78 is 18.5. The van der Waals surface area contributed by atoms with Gasteiger partial charge in [-0.2, -0.15) is 0 Å². The molecule has 102 valence electrons. The van der Waals surface area contributed by atoms with Gasteiger partial charge >= 0.3 is 0 Å². The van der Waals surface area contributed by atoms with Gasteiger partial charge in [-0.15, -0.1) is 0 Å². The van der Waals surface area contributed by atoms with Crippen molar-refractivity contribution in [3.05, 3.63) is 35.1 Å². The molecule has 0 aromatic heterocycles. The van der Waals surface area contributed by atoms with E-state index in [1.54, 1.807) is 13.2 Å². The van der Waals surface area contributed by atoms with E-state index in [0.29, 0.717) is 0 Å². The maximum atomic E-state index is 13.1. The SMILES string of the molecule is CCCNC(Cc1ccc(F)cc1C)C(C)OC. The van der Waals surface area contributed by atoms with Gasteiger partial charge in [0.1, 0.15) is 5.82 Å². The molecule has 0 bridgehead atoms. The molecule has 2 unspecified atom stereocenters. The number of halogens is 1. The van der Waals surface area contributed by atoms with Gasteiger partial charge in [0.05, 0.1) is 6.10 Å². The van der Waals surface area contributed by atoms with E-state index in [1.807, 2.05) is 13.0 Å². The minimum Gasteiger partial charge on any atom is -0.380 e. The Labute approximate surface area is 110 Å². The zero-order valence-corrected chi connectivity index (χ0v) is 11.8. The van der Waals surface area contributed by atoms with Crippen LogP contribution in [0.15, 0.2) is 18.2 Å². The van der Waals surface area contributed by atoms with Gasteiger partial charge in [-0.3, -0.25) is 0 Å².